The molecule has 1 saturated heterocycles. The first-order chi connectivity index (χ1) is 15.1. The van der Waals surface area contributed by atoms with E-state index in [0.717, 1.165) is 25.2 Å². The molecule has 7 heteroatoms. The zero-order valence-corrected chi connectivity index (χ0v) is 18.1. The maximum atomic E-state index is 12.5. The van der Waals surface area contributed by atoms with E-state index in [1.807, 2.05) is 0 Å². The van der Waals surface area contributed by atoms with E-state index < -0.39 is 12.0 Å². The Labute approximate surface area is 187 Å². The summed E-state index contributed by atoms with van der Waals surface area (Å²) in [7, 11) is 0. The largest absolute Gasteiger partial charge is 0.474 e. The van der Waals surface area contributed by atoms with E-state index in [9.17, 15) is 9.59 Å². The van der Waals surface area contributed by atoms with Crippen molar-refractivity contribution in [2.24, 2.45) is 4.99 Å². The molecule has 1 aromatic carbocycles. The molecule has 3 aliphatic rings. The number of ether oxygens (including phenoxy) is 1. The van der Waals surface area contributed by atoms with Crippen LogP contribution in [0.2, 0.25) is 5.02 Å². The molecule has 1 atom stereocenters. The number of likely N-dealkylation sites (tertiary alicyclic amines) is 1. The van der Waals surface area contributed by atoms with E-state index in [0.29, 0.717) is 22.9 Å². The predicted molar refractivity (Wildman–Crippen MR) is 122 cm³/mol. The van der Waals surface area contributed by atoms with Crippen LogP contribution in [0.3, 0.4) is 0 Å². The number of fused-ring (bicyclic) bond motifs is 1. The van der Waals surface area contributed by atoms with Crippen LogP contribution in [0.1, 0.15) is 31.2 Å². The molecule has 31 heavy (non-hydrogen) atoms. The van der Waals surface area contributed by atoms with Crippen LogP contribution in [0.15, 0.2) is 58.8 Å². The zero-order chi connectivity index (χ0) is 21.6. The summed E-state index contributed by atoms with van der Waals surface area (Å²) in [5.41, 5.74) is 1.72. The first-order valence-electron chi connectivity index (χ1n) is 10.8. The van der Waals surface area contributed by atoms with Gasteiger partial charge in [0.1, 0.15) is 0 Å². The van der Waals surface area contributed by atoms with Crippen molar-refractivity contribution in [3.63, 3.8) is 0 Å². The number of hydrogen-bond acceptors (Lipinski definition) is 4. The summed E-state index contributed by atoms with van der Waals surface area (Å²) in [5.74, 6) is -0.463. The summed E-state index contributed by atoms with van der Waals surface area (Å²) in [6.07, 6.45) is 11.3. The van der Waals surface area contributed by atoms with Crippen molar-refractivity contribution < 1.29 is 14.3 Å². The van der Waals surface area contributed by atoms with Gasteiger partial charge >= 0.3 is 5.91 Å². The molecule has 0 aromatic heterocycles. The molecule has 2 amide bonds. The maximum absolute atomic E-state index is 12.5. The smallest absolute Gasteiger partial charge is 0.312 e. The van der Waals surface area contributed by atoms with Gasteiger partial charge in [-0.1, -0.05) is 36.6 Å². The number of aliphatic imine (C=N–C) groups is 1. The van der Waals surface area contributed by atoms with E-state index in [2.05, 4.69) is 15.2 Å². The second-order valence-electron chi connectivity index (χ2n) is 7.91. The lowest BCUT2D eigenvalue weighted by Gasteiger charge is -2.24. The minimum atomic E-state index is -0.482. The lowest BCUT2D eigenvalue weighted by atomic mass is 10.0. The van der Waals surface area contributed by atoms with E-state index >= 15 is 0 Å². The monoisotopic (exact) mass is 439 g/mol. The van der Waals surface area contributed by atoms with Crippen molar-refractivity contribution in [1.29, 1.82) is 0 Å². The number of benzene rings is 1. The van der Waals surface area contributed by atoms with E-state index in [-0.39, 0.29) is 11.7 Å². The van der Waals surface area contributed by atoms with Crippen LogP contribution in [-0.2, 0) is 14.3 Å². The minimum Gasteiger partial charge on any atom is -0.474 e. The fourth-order valence-electron chi connectivity index (χ4n) is 3.87. The van der Waals surface area contributed by atoms with Crippen molar-refractivity contribution >= 4 is 35.2 Å². The molecule has 1 aliphatic carbocycles. The Bertz CT molecular complexity index is 955. The number of amides is 2. The molecule has 2 heterocycles. The standard InChI is InChI=1S/C24H26ClN3O3/c25-19-8-5-17(6-9-19)15-22-24(30)27-20-16-18(7-10-21(20)31-22)23(29)26-11-14-28-12-3-1-2-4-13-28/h5-10,15-16,21H,1-4,11-14H2,(H,26,29)/b22-15-. The van der Waals surface area contributed by atoms with Crippen molar-refractivity contribution in [2.45, 2.75) is 31.8 Å². The van der Waals surface area contributed by atoms with E-state index in [1.165, 1.54) is 25.7 Å². The molecule has 1 fully saturated rings. The Balaban J connectivity index is 1.36. The fourth-order valence-corrected chi connectivity index (χ4v) is 4.00. The number of hydrogen-bond donors (Lipinski definition) is 1. The SMILES string of the molecule is O=C(NCCN1CCCCCC1)C1=CC2=NC(=O)/C(=C/c3ccc(Cl)cc3)OC2C=C1. The van der Waals surface area contributed by atoms with Gasteiger partial charge in [0.05, 0.1) is 5.71 Å². The summed E-state index contributed by atoms with van der Waals surface area (Å²) < 4.78 is 5.82. The number of carbonyl (C=O) groups excluding carboxylic acids is 2. The van der Waals surface area contributed by atoms with Crippen LogP contribution in [0.4, 0.5) is 0 Å². The van der Waals surface area contributed by atoms with Crippen LogP contribution < -0.4 is 5.32 Å². The molecule has 0 saturated carbocycles. The fraction of sp³-hybridized carbons (Fsp3) is 0.375. The Morgan fingerprint density at radius 3 is 2.68 bits per heavy atom. The van der Waals surface area contributed by atoms with Gasteiger partial charge in [-0.25, -0.2) is 4.99 Å². The van der Waals surface area contributed by atoms with Gasteiger partial charge in [0.2, 0.25) is 0 Å². The number of carbonyl (C=O) groups is 2. The number of halogens is 1. The highest BCUT2D eigenvalue weighted by Crippen LogP contribution is 2.23. The highest BCUT2D eigenvalue weighted by Gasteiger charge is 2.29. The van der Waals surface area contributed by atoms with Crippen LogP contribution in [0, 0.1) is 0 Å². The molecule has 6 nitrogen and oxygen atoms in total. The van der Waals surface area contributed by atoms with Crippen molar-refractivity contribution in [3.8, 4) is 0 Å². The molecular formula is C24H26ClN3O3. The predicted octanol–water partition coefficient (Wildman–Crippen LogP) is 3.54. The molecule has 0 bridgehead atoms. The highest BCUT2D eigenvalue weighted by atomic mass is 35.5. The van der Waals surface area contributed by atoms with Crippen LogP contribution in [-0.4, -0.2) is 54.7 Å². The Morgan fingerprint density at radius 1 is 1.19 bits per heavy atom. The van der Waals surface area contributed by atoms with Gasteiger partial charge < -0.3 is 15.0 Å². The van der Waals surface area contributed by atoms with E-state index in [4.69, 9.17) is 16.3 Å². The second kappa shape index (κ2) is 10.1. The molecule has 162 valence electrons. The lowest BCUT2D eigenvalue weighted by molar-refractivity contribution is -0.119. The molecule has 4 rings (SSSR count). The van der Waals surface area contributed by atoms with Crippen LogP contribution in [0.5, 0.6) is 0 Å². The third kappa shape index (κ3) is 5.71. The number of rotatable bonds is 5. The normalized spacial score (nSPS) is 22.8. The van der Waals surface area contributed by atoms with Crippen LogP contribution >= 0.6 is 11.6 Å². The summed E-state index contributed by atoms with van der Waals surface area (Å²) in [4.78, 5) is 31.5. The van der Waals surface area contributed by atoms with Gasteiger partial charge in [0, 0.05) is 23.7 Å². The van der Waals surface area contributed by atoms with E-state index in [1.54, 1.807) is 48.6 Å². The maximum Gasteiger partial charge on any atom is 0.312 e. The van der Waals surface area contributed by atoms with Gasteiger partial charge in [0.25, 0.3) is 5.91 Å². The average Bonchev–Trinajstić information content (AvgIpc) is 3.04. The summed E-state index contributed by atoms with van der Waals surface area (Å²) in [6.45, 7) is 3.65. The topological polar surface area (TPSA) is 71.0 Å². The molecule has 0 radical (unpaired) electrons. The van der Waals surface area contributed by atoms with Crippen molar-refractivity contribution in [1.82, 2.24) is 10.2 Å². The molecular weight excluding hydrogens is 414 g/mol. The van der Waals surface area contributed by atoms with Gasteiger partial charge in [-0.2, -0.15) is 0 Å². The number of nitrogens with zero attached hydrogens (tertiary/aromatic N) is 2. The third-order valence-electron chi connectivity index (χ3n) is 5.58. The second-order valence-corrected chi connectivity index (χ2v) is 8.35. The first kappa shape index (κ1) is 21.5. The highest BCUT2D eigenvalue weighted by molar-refractivity contribution is 6.30. The van der Waals surface area contributed by atoms with Crippen molar-refractivity contribution in [3.05, 3.63) is 64.4 Å². The van der Waals surface area contributed by atoms with Gasteiger partial charge in [-0.3, -0.25) is 9.59 Å². The summed E-state index contributed by atoms with van der Waals surface area (Å²) >= 11 is 5.90. The Morgan fingerprint density at radius 2 is 1.94 bits per heavy atom. The average molecular weight is 440 g/mol. The Kier molecular flexibility index (Phi) is 6.99. The van der Waals surface area contributed by atoms with Gasteiger partial charge in [0.15, 0.2) is 11.9 Å². The number of nitrogens with one attached hydrogen (secondary N) is 1. The quantitative estimate of drug-likeness (QED) is 0.712. The minimum absolute atomic E-state index is 0.165. The Hall–Kier alpha value is -2.70. The molecule has 2 aliphatic heterocycles. The summed E-state index contributed by atoms with van der Waals surface area (Å²) in [6, 6.07) is 7.10. The molecule has 1 aromatic rings. The zero-order valence-electron chi connectivity index (χ0n) is 17.4. The lowest BCUT2D eigenvalue weighted by Crippen LogP contribution is -2.37. The summed E-state index contributed by atoms with van der Waals surface area (Å²) in [5, 5.41) is 3.59. The third-order valence-corrected chi connectivity index (χ3v) is 5.84. The molecule has 1 N–H and O–H groups in total. The van der Waals surface area contributed by atoms with Gasteiger partial charge in [-0.15, -0.1) is 0 Å². The molecule has 1 unspecified atom stereocenters. The van der Waals surface area contributed by atoms with Gasteiger partial charge in [-0.05, 0) is 67.9 Å². The first-order valence-corrected chi connectivity index (χ1v) is 11.1. The molecule has 0 spiro atoms. The van der Waals surface area contributed by atoms with Crippen molar-refractivity contribution in [2.75, 3.05) is 26.2 Å². The van der Waals surface area contributed by atoms with Crippen LogP contribution in [0.25, 0.3) is 6.08 Å².